The second kappa shape index (κ2) is 5.72. The van der Waals surface area contributed by atoms with Crippen LogP contribution in [-0.4, -0.2) is 8.42 Å². The third kappa shape index (κ3) is 3.55. The standard InChI is InChI=1S/C15H13BrO2S/c1-12-7-9-14(10-8-12)19(17,18)11-15(16)13-5-3-2-4-6-13/h2-11H,1H3/b15-11+. The van der Waals surface area contributed by atoms with Gasteiger partial charge in [0.2, 0.25) is 9.84 Å². The SMILES string of the molecule is Cc1ccc(S(=O)(=O)/C=C(/Br)c2ccccc2)cc1. The van der Waals surface area contributed by atoms with Crippen molar-refractivity contribution in [2.24, 2.45) is 0 Å². The highest BCUT2D eigenvalue weighted by molar-refractivity contribution is 9.15. The lowest BCUT2D eigenvalue weighted by Gasteiger charge is -2.02. The van der Waals surface area contributed by atoms with Crippen LogP contribution in [0.2, 0.25) is 0 Å². The van der Waals surface area contributed by atoms with Crippen molar-refractivity contribution in [3.05, 3.63) is 71.1 Å². The van der Waals surface area contributed by atoms with Crippen LogP contribution in [-0.2, 0) is 9.84 Å². The average molecular weight is 337 g/mol. The van der Waals surface area contributed by atoms with Crippen LogP contribution in [0.25, 0.3) is 4.48 Å². The number of hydrogen-bond donors (Lipinski definition) is 0. The van der Waals surface area contributed by atoms with E-state index in [-0.39, 0.29) is 0 Å². The summed E-state index contributed by atoms with van der Waals surface area (Å²) < 4.78 is 25.0. The van der Waals surface area contributed by atoms with Gasteiger partial charge in [0.1, 0.15) is 0 Å². The zero-order valence-corrected chi connectivity index (χ0v) is 12.8. The molecule has 98 valence electrons. The topological polar surface area (TPSA) is 34.1 Å². The number of rotatable bonds is 3. The molecule has 2 aromatic rings. The first-order valence-electron chi connectivity index (χ1n) is 5.73. The molecule has 0 aliphatic carbocycles. The van der Waals surface area contributed by atoms with Crippen molar-refractivity contribution in [2.75, 3.05) is 0 Å². The fourth-order valence-electron chi connectivity index (χ4n) is 1.60. The molecule has 2 aromatic carbocycles. The molecule has 0 aliphatic rings. The van der Waals surface area contributed by atoms with E-state index < -0.39 is 9.84 Å². The molecule has 0 unspecified atom stereocenters. The highest BCUT2D eigenvalue weighted by atomic mass is 79.9. The van der Waals surface area contributed by atoms with Crippen LogP contribution in [0.5, 0.6) is 0 Å². The number of halogens is 1. The molecule has 0 saturated heterocycles. The van der Waals surface area contributed by atoms with E-state index in [9.17, 15) is 8.42 Å². The van der Waals surface area contributed by atoms with E-state index in [1.807, 2.05) is 37.3 Å². The Morgan fingerprint density at radius 2 is 1.58 bits per heavy atom. The number of sulfone groups is 1. The molecule has 19 heavy (non-hydrogen) atoms. The van der Waals surface area contributed by atoms with Crippen molar-refractivity contribution in [1.29, 1.82) is 0 Å². The summed E-state index contributed by atoms with van der Waals surface area (Å²) in [5.74, 6) is 0. The molecule has 0 radical (unpaired) electrons. The van der Waals surface area contributed by atoms with Gasteiger partial charge in [0, 0.05) is 4.48 Å². The summed E-state index contributed by atoms with van der Waals surface area (Å²) in [6, 6.07) is 16.1. The van der Waals surface area contributed by atoms with Gasteiger partial charge in [-0.15, -0.1) is 0 Å². The van der Waals surface area contributed by atoms with E-state index >= 15 is 0 Å². The van der Waals surface area contributed by atoms with Gasteiger partial charge in [0.15, 0.2) is 0 Å². The molecule has 2 nitrogen and oxygen atoms in total. The van der Waals surface area contributed by atoms with Gasteiger partial charge in [-0.25, -0.2) is 8.42 Å². The molecular formula is C15H13BrO2S. The maximum atomic E-state index is 12.2. The maximum absolute atomic E-state index is 12.2. The summed E-state index contributed by atoms with van der Waals surface area (Å²) >= 11 is 3.32. The van der Waals surface area contributed by atoms with E-state index in [1.165, 1.54) is 5.41 Å². The van der Waals surface area contributed by atoms with Gasteiger partial charge in [-0.2, -0.15) is 0 Å². The zero-order valence-electron chi connectivity index (χ0n) is 10.4. The van der Waals surface area contributed by atoms with Crippen molar-refractivity contribution in [2.45, 2.75) is 11.8 Å². The van der Waals surface area contributed by atoms with Gasteiger partial charge in [-0.05, 0) is 40.5 Å². The summed E-state index contributed by atoms with van der Waals surface area (Å²) in [6.07, 6.45) is 0. The highest BCUT2D eigenvalue weighted by Crippen LogP contribution is 2.24. The summed E-state index contributed by atoms with van der Waals surface area (Å²) in [6.45, 7) is 1.92. The van der Waals surface area contributed by atoms with E-state index in [0.29, 0.717) is 9.38 Å². The Labute approximate surface area is 121 Å². The van der Waals surface area contributed by atoms with Crippen molar-refractivity contribution >= 4 is 30.2 Å². The smallest absolute Gasteiger partial charge is 0.200 e. The molecule has 0 bridgehead atoms. The fourth-order valence-corrected chi connectivity index (χ4v) is 3.66. The Kier molecular flexibility index (Phi) is 4.22. The molecule has 0 saturated carbocycles. The number of hydrogen-bond acceptors (Lipinski definition) is 2. The first kappa shape index (κ1) is 14.0. The van der Waals surface area contributed by atoms with Gasteiger partial charge >= 0.3 is 0 Å². The maximum Gasteiger partial charge on any atom is 0.200 e. The molecule has 2 rings (SSSR count). The van der Waals surface area contributed by atoms with Gasteiger partial charge < -0.3 is 0 Å². The Bertz CT molecular complexity index is 687. The zero-order chi connectivity index (χ0) is 13.9. The van der Waals surface area contributed by atoms with Crippen LogP contribution < -0.4 is 0 Å². The van der Waals surface area contributed by atoms with E-state index in [0.717, 1.165) is 11.1 Å². The minimum Gasteiger partial charge on any atom is -0.219 e. The minimum atomic E-state index is -3.43. The van der Waals surface area contributed by atoms with Crippen LogP contribution >= 0.6 is 15.9 Å². The molecule has 0 atom stereocenters. The van der Waals surface area contributed by atoms with Crippen LogP contribution in [0.15, 0.2) is 64.9 Å². The lowest BCUT2D eigenvalue weighted by molar-refractivity contribution is 0.605. The predicted molar refractivity (Wildman–Crippen MR) is 81.7 cm³/mol. The number of aryl methyl sites for hydroxylation is 1. The Balaban J connectivity index is 2.39. The Morgan fingerprint density at radius 1 is 1.00 bits per heavy atom. The lowest BCUT2D eigenvalue weighted by atomic mass is 10.2. The van der Waals surface area contributed by atoms with Gasteiger partial charge in [-0.3, -0.25) is 0 Å². The fraction of sp³-hybridized carbons (Fsp3) is 0.0667. The largest absolute Gasteiger partial charge is 0.219 e. The van der Waals surface area contributed by atoms with E-state index in [4.69, 9.17) is 0 Å². The molecule has 0 N–H and O–H groups in total. The van der Waals surface area contributed by atoms with Gasteiger partial charge in [-0.1, -0.05) is 48.0 Å². The summed E-state index contributed by atoms with van der Waals surface area (Å²) in [4.78, 5) is 0.297. The predicted octanol–water partition coefficient (Wildman–Crippen LogP) is 4.16. The Hall–Kier alpha value is -1.39. The third-order valence-electron chi connectivity index (χ3n) is 2.66. The van der Waals surface area contributed by atoms with E-state index in [1.54, 1.807) is 24.3 Å². The minimum absolute atomic E-state index is 0.297. The number of benzene rings is 2. The van der Waals surface area contributed by atoms with Crippen LogP contribution in [0.4, 0.5) is 0 Å². The van der Waals surface area contributed by atoms with Gasteiger partial charge in [0.05, 0.1) is 10.3 Å². The summed E-state index contributed by atoms with van der Waals surface area (Å²) in [5.41, 5.74) is 1.86. The summed E-state index contributed by atoms with van der Waals surface area (Å²) in [7, 11) is -3.43. The molecule has 0 fully saturated rings. The molecule has 4 heteroatoms. The van der Waals surface area contributed by atoms with Crippen LogP contribution in [0, 0.1) is 6.92 Å². The molecule has 0 aromatic heterocycles. The monoisotopic (exact) mass is 336 g/mol. The van der Waals surface area contributed by atoms with Crippen molar-refractivity contribution in [3.8, 4) is 0 Å². The van der Waals surface area contributed by atoms with Crippen molar-refractivity contribution < 1.29 is 8.42 Å². The molecule has 0 heterocycles. The highest BCUT2D eigenvalue weighted by Gasteiger charge is 2.12. The van der Waals surface area contributed by atoms with E-state index in [2.05, 4.69) is 15.9 Å². The first-order chi connectivity index (χ1) is 8.99. The third-order valence-corrected chi connectivity index (χ3v) is 5.12. The first-order valence-corrected chi connectivity index (χ1v) is 8.07. The molecular weight excluding hydrogens is 324 g/mol. The van der Waals surface area contributed by atoms with Crippen molar-refractivity contribution in [1.82, 2.24) is 0 Å². The van der Waals surface area contributed by atoms with Crippen LogP contribution in [0.1, 0.15) is 11.1 Å². The van der Waals surface area contributed by atoms with Gasteiger partial charge in [0.25, 0.3) is 0 Å². The summed E-state index contributed by atoms with van der Waals surface area (Å²) in [5, 5.41) is 1.24. The Morgan fingerprint density at radius 3 is 2.16 bits per heavy atom. The average Bonchev–Trinajstić information content (AvgIpc) is 2.40. The quantitative estimate of drug-likeness (QED) is 0.843. The normalized spacial score (nSPS) is 12.4. The van der Waals surface area contributed by atoms with Crippen molar-refractivity contribution in [3.63, 3.8) is 0 Å². The second-order valence-corrected chi connectivity index (χ2v) is 6.84. The lowest BCUT2D eigenvalue weighted by Crippen LogP contribution is -1.96. The molecule has 0 aliphatic heterocycles. The second-order valence-electron chi connectivity index (χ2n) is 4.19. The molecule has 0 amide bonds. The van der Waals surface area contributed by atoms with Crippen LogP contribution in [0.3, 0.4) is 0 Å². The molecule has 0 spiro atoms.